The molecule has 0 spiro atoms. The van der Waals surface area contributed by atoms with Crippen molar-refractivity contribution in [1.29, 1.82) is 0 Å². The van der Waals surface area contributed by atoms with Crippen LogP contribution in [-0.4, -0.2) is 35.2 Å². The normalized spacial score (nSPS) is 10.4. The van der Waals surface area contributed by atoms with Gasteiger partial charge in [0.2, 0.25) is 11.0 Å². The summed E-state index contributed by atoms with van der Waals surface area (Å²) in [7, 11) is 0. The maximum atomic E-state index is 12.1. The highest BCUT2D eigenvalue weighted by Gasteiger charge is 2.10. The number of anilines is 1. The summed E-state index contributed by atoms with van der Waals surface area (Å²) in [6.07, 6.45) is 1.48. The number of carbonyl (C=O) groups excluding carboxylic acids is 2. The molecule has 0 bridgehead atoms. The van der Waals surface area contributed by atoms with Crippen LogP contribution in [-0.2, 0) is 11.2 Å². The predicted molar refractivity (Wildman–Crippen MR) is 120 cm³/mol. The fourth-order valence-corrected chi connectivity index (χ4v) is 3.70. The molecule has 0 aliphatic rings. The Morgan fingerprint density at radius 1 is 1.07 bits per heavy atom. The highest BCUT2D eigenvalue weighted by molar-refractivity contribution is 9.10. The molecule has 0 aliphatic heterocycles. The lowest BCUT2D eigenvalue weighted by Crippen LogP contribution is -2.25. The van der Waals surface area contributed by atoms with Gasteiger partial charge >= 0.3 is 0 Å². The summed E-state index contributed by atoms with van der Waals surface area (Å²) in [5, 5.41) is 14.8. The van der Waals surface area contributed by atoms with Crippen molar-refractivity contribution in [2.45, 2.75) is 19.3 Å². The van der Waals surface area contributed by atoms with Crippen LogP contribution in [0.1, 0.15) is 28.2 Å². The van der Waals surface area contributed by atoms with E-state index in [1.54, 1.807) is 12.1 Å². The molecule has 2 aromatic carbocycles. The SMILES string of the molecule is O=C(CCCOc1ccccc1)Nc1nnc(CCNC(=O)c2cccc(Br)c2)s1. The average molecular weight is 489 g/mol. The summed E-state index contributed by atoms with van der Waals surface area (Å²) < 4.78 is 6.42. The van der Waals surface area contributed by atoms with E-state index in [0.717, 1.165) is 15.2 Å². The van der Waals surface area contributed by atoms with Crippen LogP contribution < -0.4 is 15.4 Å². The minimum Gasteiger partial charge on any atom is -0.494 e. The van der Waals surface area contributed by atoms with Gasteiger partial charge in [0.1, 0.15) is 10.8 Å². The standard InChI is InChI=1S/C21H21BrN4O3S/c22-16-7-4-6-15(14-16)20(28)23-12-11-19-25-26-21(30-19)24-18(27)10-5-13-29-17-8-2-1-3-9-17/h1-4,6-9,14H,5,10-13H2,(H,23,28)(H,24,26,27). The Morgan fingerprint density at radius 2 is 1.90 bits per heavy atom. The molecule has 0 saturated carbocycles. The topological polar surface area (TPSA) is 93.2 Å². The summed E-state index contributed by atoms with van der Waals surface area (Å²) in [6.45, 7) is 0.904. The van der Waals surface area contributed by atoms with E-state index in [9.17, 15) is 9.59 Å². The molecule has 30 heavy (non-hydrogen) atoms. The van der Waals surface area contributed by atoms with E-state index in [0.29, 0.717) is 43.1 Å². The van der Waals surface area contributed by atoms with Crippen LogP contribution in [0.3, 0.4) is 0 Å². The van der Waals surface area contributed by atoms with Crippen molar-refractivity contribution < 1.29 is 14.3 Å². The van der Waals surface area contributed by atoms with E-state index in [2.05, 4.69) is 36.8 Å². The molecule has 7 nitrogen and oxygen atoms in total. The van der Waals surface area contributed by atoms with Crippen LogP contribution in [0, 0.1) is 0 Å². The fraction of sp³-hybridized carbons (Fsp3) is 0.238. The highest BCUT2D eigenvalue weighted by atomic mass is 79.9. The molecular weight excluding hydrogens is 468 g/mol. The Morgan fingerprint density at radius 3 is 2.70 bits per heavy atom. The van der Waals surface area contributed by atoms with Crippen molar-refractivity contribution >= 4 is 44.2 Å². The van der Waals surface area contributed by atoms with Crippen molar-refractivity contribution in [2.24, 2.45) is 0 Å². The molecule has 0 radical (unpaired) electrons. The van der Waals surface area contributed by atoms with Crippen LogP contribution in [0.2, 0.25) is 0 Å². The first-order chi connectivity index (χ1) is 14.6. The van der Waals surface area contributed by atoms with Gasteiger partial charge in [-0.25, -0.2) is 0 Å². The first-order valence-electron chi connectivity index (χ1n) is 9.44. The molecule has 3 rings (SSSR count). The van der Waals surface area contributed by atoms with Crippen molar-refractivity contribution in [2.75, 3.05) is 18.5 Å². The monoisotopic (exact) mass is 488 g/mol. The summed E-state index contributed by atoms with van der Waals surface area (Å²) >= 11 is 4.65. The molecule has 156 valence electrons. The van der Waals surface area contributed by atoms with E-state index >= 15 is 0 Å². The Kier molecular flexibility index (Phi) is 8.34. The molecule has 0 atom stereocenters. The van der Waals surface area contributed by atoms with E-state index < -0.39 is 0 Å². The number of benzene rings is 2. The van der Waals surface area contributed by atoms with Crippen molar-refractivity contribution in [3.05, 3.63) is 69.6 Å². The molecule has 0 aliphatic carbocycles. The smallest absolute Gasteiger partial charge is 0.251 e. The summed E-state index contributed by atoms with van der Waals surface area (Å²) in [5.41, 5.74) is 0.589. The van der Waals surface area contributed by atoms with E-state index in [1.807, 2.05) is 42.5 Å². The van der Waals surface area contributed by atoms with Gasteiger partial charge in [-0.3, -0.25) is 9.59 Å². The largest absolute Gasteiger partial charge is 0.494 e. The third-order valence-corrected chi connectivity index (χ3v) is 5.38. The zero-order valence-electron chi connectivity index (χ0n) is 16.1. The summed E-state index contributed by atoms with van der Waals surface area (Å²) in [5.74, 6) is 0.517. The molecule has 3 aromatic rings. The first kappa shape index (κ1) is 21.9. The first-order valence-corrected chi connectivity index (χ1v) is 11.0. The number of amides is 2. The number of ether oxygens (including phenoxy) is 1. The highest BCUT2D eigenvalue weighted by Crippen LogP contribution is 2.16. The third kappa shape index (κ3) is 7.23. The quantitative estimate of drug-likeness (QED) is 0.419. The number of para-hydroxylation sites is 1. The molecule has 1 aromatic heterocycles. The summed E-state index contributed by atoms with van der Waals surface area (Å²) in [4.78, 5) is 24.2. The molecule has 9 heteroatoms. The van der Waals surface area contributed by atoms with Gasteiger partial charge < -0.3 is 15.4 Å². The summed E-state index contributed by atoms with van der Waals surface area (Å²) in [6, 6.07) is 16.7. The number of aromatic nitrogens is 2. The van der Waals surface area contributed by atoms with Gasteiger partial charge in [0.05, 0.1) is 6.61 Å². The Bertz CT molecular complexity index is 981. The van der Waals surface area contributed by atoms with Crippen molar-refractivity contribution in [1.82, 2.24) is 15.5 Å². The fourth-order valence-electron chi connectivity index (χ4n) is 2.54. The molecule has 1 heterocycles. The van der Waals surface area contributed by atoms with Gasteiger partial charge in [-0.05, 0) is 36.8 Å². The Balaban J connectivity index is 1.34. The number of nitrogens with one attached hydrogen (secondary N) is 2. The number of hydrogen-bond donors (Lipinski definition) is 2. The molecular formula is C21H21BrN4O3S. The van der Waals surface area contributed by atoms with Crippen LogP contribution in [0.25, 0.3) is 0 Å². The maximum Gasteiger partial charge on any atom is 0.251 e. The lowest BCUT2D eigenvalue weighted by Gasteiger charge is -2.05. The van der Waals surface area contributed by atoms with E-state index in [-0.39, 0.29) is 11.8 Å². The Labute approximate surface area is 187 Å². The van der Waals surface area contributed by atoms with Crippen LogP contribution in [0.4, 0.5) is 5.13 Å². The molecule has 0 fully saturated rings. The minimum absolute atomic E-state index is 0.127. The van der Waals surface area contributed by atoms with Gasteiger partial charge in [-0.2, -0.15) is 0 Å². The number of nitrogens with zero attached hydrogens (tertiary/aromatic N) is 2. The molecule has 0 saturated heterocycles. The zero-order chi connectivity index (χ0) is 21.2. The predicted octanol–water partition coefficient (Wildman–Crippen LogP) is 4.07. The molecule has 0 unspecified atom stereocenters. The second-order valence-electron chi connectivity index (χ2n) is 6.33. The van der Waals surface area contributed by atoms with Crippen LogP contribution in [0.15, 0.2) is 59.1 Å². The number of rotatable bonds is 10. The van der Waals surface area contributed by atoms with Gasteiger partial charge in [0, 0.05) is 29.4 Å². The second kappa shape index (κ2) is 11.4. The molecule has 2 N–H and O–H groups in total. The Hall–Kier alpha value is -2.78. The van der Waals surface area contributed by atoms with E-state index in [4.69, 9.17) is 4.74 Å². The number of carbonyl (C=O) groups is 2. The third-order valence-electron chi connectivity index (χ3n) is 3.98. The lowest BCUT2D eigenvalue weighted by atomic mass is 10.2. The number of hydrogen-bond acceptors (Lipinski definition) is 6. The van der Waals surface area contributed by atoms with Gasteiger partial charge in [0.25, 0.3) is 5.91 Å². The van der Waals surface area contributed by atoms with Crippen LogP contribution >= 0.6 is 27.3 Å². The van der Waals surface area contributed by atoms with E-state index in [1.165, 1.54) is 11.3 Å². The molecule has 2 amide bonds. The van der Waals surface area contributed by atoms with Gasteiger partial charge in [-0.15, -0.1) is 10.2 Å². The van der Waals surface area contributed by atoms with Gasteiger partial charge in [0.15, 0.2) is 0 Å². The maximum absolute atomic E-state index is 12.1. The lowest BCUT2D eigenvalue weighted by molar-refractivity contribution is -0.116. The van der Waals surface area contributed by atoms with Crippen molar-refractivity contribution in [3.8, 4) is 5.75 Å². The second-order valence-corrected chi connectivity index (χ2v) is 8.31. The average Bonchev–Trinajstić information content (AvgIpc) is 3.19. The van der Waals surface area contributed by atoms with Crippen molar-refractivity contribution in [3.63, 3.8) is 0 Å². The van der Waals surface area contributed by atoms with Gasteiger partial charge in [-0.1, -0.05) is 51.5 Å². The minimum atomic E-state index is -0.146. The zero-order valence-corrected chi connectivity index (χ0v) is 18.5. The number of halogens is 1. The van der Waals surface area contributed by atoms with Crippen LogP contribution in [0.5, 0.6) is 5.75 Å².